The Morgan fingerprint density at radius 1 is 1.32 bits per heavy atom. The average molecular weight is 421 g/mol. The predicted molar refractivity (Wildman–Crippen MR) is 94.1 cm³/mol. The molecule has 0 unspecified atom stereocenters. The van der Waals surface area contributed by atoms with Crippen LogP contribution in [0.1, 0.15) is 31.1 Å². The van der Waals surface area contributed by atoms with Crippen LogP contribution in [-0.4, -0.2) is 29.7 Å². The monoisotopic (exact) mass is 420 g/mol. The number of benzene rings is 1. The summed E-state index contributed by atoms with van der Waals surface area (Å²) in [5.74, 6) is 0.732. The van der Waals surface area contributed by atoms with Crippen LogP contribution in [-0.2, 0) is 0 Å². The van der Waals surface area contributed by atoms with Crippen molar-refractivity contribution in [2.24, 2.45) is 0 Å². The maximum Gasteiger partial charge on any atom is 0.573 e. The van der Waals surface area contributed by atoms with Crippen molar-refractivity contribution in [3.05, 3.63) is 28.2 Å². The van der Waals surface area contributed by atoms with Crippen LogP contribution >= 0.6 is 39.5 Å². The van der Waals surface area contributed by atoms with Crippen LogP contribution in [0.3, 0.4) is 0 Å². The minimum Gasteiger partial charge on any atom is -0.404 e. The summed E-state index contributed by atoms with van der Waals surface area (Å²) in [6.45, 7) is 6.18. The Morgan fingerprint density at radius 2 is 1.91 bits per heavy atom. The fourth-order valence-electron chi connectivity index (χ4n) is 1.01. The van der Waals surface area contributed by atoms with Crippen LogP contribution < -0.4 is 4.74 Å². The van der Waals surface area contributed by atoms with Gasteiger partial charge in [0.25, 0.3) is 0 Å². The minimum atomic E-state index is -4.80. The van der Waals surface area contributed by atoms with E-state index in [1.54, 1.807) is 0 Å². The number of halogens is 4. The van der Waals surface area contributed by atoms with Gasteiger partial charge >= 0.3 is 6.36 Å². The molecule has 8 heteroatoms. The largest absolute Gasteiger partial charge is 0.573 e. The zero-order valence-corrected chi connectivity index (χ0v) is 16.1. The van der Waals surface area contributed by atoms with Gasteiger partial charge in [0.1, 0.15) is 0 Å². The van der Waals surface area contributed by atoms with Crippen LogP contribution in [0.5, 0.6) is 5.75 Å². The Balaban J connectivity index is 0. The fraction of sp³-hybridized carbons (Fsp3) is 0.500. The Morgan fingerprint density at radius 3 is 2.27 bits per heavy atom. The second-order valence-electron chi connectivity index (χ2n) is 3.22. The molecule has 0 fully saturated rings. The second kappa shape index (κ2) is 14.3. The van der Waals surface area contributed by atoms with Gasteiger partial charge in [-0.1, -0.05) is 26.8 Å². The van der Waals surface area contributed by atoms with Crippen molar-refractivity contribution in [2.75, 3.05) is 17.1 Å². The number of carbonyl (C=O) groups is 1. The number of carbonyl (C=O) groups excluding carboxylic acids is 1. The molecule has 0 heterocycles. The SMILES string of the molecule is CC.CCSCSC.O=Cc1cccc(Br)c1OC(F)(F)F. The van der Waals surface area contributed by atoms with E-state index in [9.17, 15) is 18.0 Å². The quantitative estimate of drug-likeness (QED) is 0.319. The zero-order valence-electron chi connectivity index (χ0n) is 12.9. The fourth-order valence-corrected chi connectivity index (χ4v) is 2.80. The Bertz CT molecular complexity index is 412. The van der Waals surface area contributed by atoms with Crippen LogP contribution in [0.25, 0.3) is 0 Å². The number of alkyl halides is 3. The summed E-state index contributed by atoms with van der Waals surface area (Å²) < 4.78 is 39.4. The minimum absolute atomic E-state index is 0.0828. The van der Waals surface area contributed by atoms with Gasteiger partial charge in [-0.25, -0.2) is 0 Å². The third kappa shape index (κ3) is 12.2. The highest BCUT2D eigenvalue weighted by atomic mass is 79.9. The van der Waals surface area contributed by atoms with Gasteiger partial charge in [0, 0.05) is 5.08 Å². The topological polar surface area (TPSA) is 26.3 Å². The van der Waals surface area contributed by atoms with E-state index in [2.05, 4.69) is 33.8 Å². The average Bonchev–Trinajstić information content (AvgIpc) is 2.48. The molecule has 0 radical (unpaired) electrons. The lowest BCUT2D eigenvalue weighted by molar-refractivity contribution is -0.275. The van der Waals surface area contributed by atoms with E-state index in [1.165, 1.54) is 29.0 Å². The smallest absolute Gasteiger partial charge is 0.404 e. The van der Waals surface area contributed by atoms with Crippen LogP contribution in [0.15, 0.2) is 22.7 Å². The summed E-state index contributed by atoms with van der Waals surface area (Å²) in [7, 11) is 0. The van der Waals surface area contributed by atoms with Crippen molar-refractivity contribution >= 4 is 45.7 Å². The first-order chi connectivity index (χ1) is 10.4. The molecule has 0 spiro atoms. The van der Waals surface area contributed by atoms with Crippen LogP contribution in [0.2, 0.25) is 0 Å². The Kier molecular flexibility index (Phi) is 15.5. The van der Waals surface area contributed by atoms with E-state index in [4.69, 9.17) is 0 Å². The second-order valence-corrected chi connectivity index (χ2v) is 6.58. The molecule has 0 saturated carbocycles. The first-order valence-electron chi connectivity index (χ1n) is 6.41. The van der Waals surface area contributed by atoms with Gasteiger partial charge in [0.05, 0.1) is 10.0 Å². The number of hydrogen-bond acceptors (Lipinski definition) is 4. The third-order valence-electron chi connectivity index (χ3n) is 1.75. The predicted octanol–water partition coefficient (Wildman–Crippen LogP) is 6.25. The molecule has 0 N–H and O–H groups in total. The molecule has 1 aromatic rings. The summed E-state index contributed by atoms with van der Waals surface area (Å²) >= 11 is 6.72. The van der Waals surface area contributed by atoms with E-state index in [-0.39, 0.29) is 10.0 Å². The molecular weight excluding hydrogens is 401 g/mol. The highest BCUT2D eigenvalue weighted by Gasteiger charge is 2.32. The lowest BCUT2D eigenvalue weighted by Gasteiger charge is -2.11. The van der Waals surface area contributed by atoms with Crippen molar-refractivity contribution in [1.82, 2.24) is 0 Å². The molecule has 0 aliphatic carbocycles. The maximum absolute atomic E-state index is 11.9. The van der Waals surface area contributed by atoms with E-state index < -0.39 is 12.1 Å². The first-order valence-corrected chi connectivity index (χ1v) is 9.76. The Labute approximate surface area is 146 Å². The first kappa shape index (κ1) is 23.9. The van der Waals surface area contributed by atoms with Gasteiger partial charge in [-0.3, -0.25) is 4.79 Å². The van der Waals surface area contributed by atoms with Crippen molar-refractivity contribution in [3.8, 4) is 5.75 Å². The molecule has 0 atom stereocenters. The molecule has 0 aliphatic heterocycles. The molecule has 22 heavy (non-hydrogen) atoms. The number of thioether (sulfide) groups is 2. The van der Waals surface area contributed by atoms with E-state index in [1.807, 2.05) is 37.4 Å². The number of rotatable bonds is 5. The number of para-hydroxylation sites is 1. The highest BCUT2D eigenvalue weighted by Crippen LogP contribution is 2.32. The molecule has 0 amide bonds. The lowest BCUT2D eigenvalue weighted by Crippen LogP contribution is -2.18. The van der Waals surface area contributed by atoms with Crippen LogP contribution in [0.4, 0.5) is 13.2 Å². The summed E-state index contributed by atoms with van der Waals surface area (Å²) in [5.41, 5.74) is -0.156. The van der Waals surface area contributed by atoms with E-state index >= 15 is 0 Å². The Hall–Kier alpha value is -0.340. The number of ether oxygens (including phenoxy) is 1. The molecule has 0 saturated heterocycles. The van der Waals surface area contributed by atoms with E-state index in [0.29, 0.717) is 6.29 Å². The van der Waals surface area contributed by atoms with Crippen molar-refractivity contribution in [3.63, 3.8) is 0 Å². The standard InChI is InChI=1S/C8H4BrF3O2.C4H10S2.C2H6/c9-6-3-1-2-5(4-13)7(6)14-8(10,11)12;1-3-6-4-5-2;1-2/h1-4H;3-4H2,1-2H3;1-2H3. The normalized spacial score (nSPS) is 9.82. The maximum atomic E-state index is 11.9. The molecule has 1 rings (SSSR count). The van der Waals surface area contributed by atoms with Crippen molar-refractivity contribution in [1.29, 1.82) is 0 Å². The van der Waals surface area contributed by atoms with Gasteiger partial charge in [0.2, 0.25) is 0 Å². The summed E-state index contributed by atoms with van der Waals surface area (Å²) in [5, 5.41) is 1.25. The molecule has 0 aliphatic rings. The van der Waals surface area contributed by atoms with Crippen molar-refractivity contribution < 1.29 is 22.7 Å². The molecule has 1 aromatic carbocycles. The molecule has 2 nitrogen and oxygen atoms in total. The molecule has 0 bridgehead atoms. The summed E-state index contributed by atoms with van der Waals surface area (Å²) in [6.07, 6.45) is -2.38. The van der Waals surface area contributed by atoms with E-state index in [0.717, 1.165) is 0 Å². The van der Waals surface area contributed by atoms with Gasteiger partial charge in [0.15, 0.2) is 12.0 Å². The van der Waals surface area contributed by atoms with Crippen molar-refractivity contribution in [2.45, 2.75) is 27.1 Å². The lowest BCUT2D eigenvalue weighted by atomic mass is 10.2. The third-order valence-corrected chi connectivity index (χ3v) is 4.39. The number of hydrogen-bond donors (Lipinski definition) is 0. The van der Waals surface area contributed by atoms with Gasteiger partial charge < -0.3 is 4.74 Å². The highest BCUT2D eigenvalue weighted by molar-refractivity contribution is 9.10. The zero-order chi connectivity index (χ0) is 17.6. The van der Waals surface area contributed by atoms with Gasteiger partial charge in [-0.15, -0.1) is 13.2 Å². The molecule has 0 aromatic heterocycles. The van der Waals surface area contributed by atoms with Gasteiger partial charge in [-0.05, 0) is 40.1 Å². The molecular formula is C14H20BrF3O2S2. The molecule has 128 valence electrons. The summed E-state index contributed by atoms with van der Waals surface area (Å²) in [6, 6.07) is 4.03. The number of aldehydes is 1. The van der Waals surface area contributed by atoms with Gasteiger partial charge in [-0.2, -0.15) is 23.5 Å². The summed E-state index contributed by atoms with van der Waals surface area (Å²) in [4.78, 5) is 10.4. The van der Waals surface area contributed by atoms with Crippen LogP contribution in [0, 0.1) is 0 Å².